The fourth-order valence-electron chi connectivity index (χ4n) is 2.55. The second kappa shape index (κ2) is 6.12. The van der Waals surface area contributed by atoms with E-state index in [0.717, 1.165) is 32.1 Å². The molecule has 0 unspecified atom stereocenters. The third-order valence-electron chi connectivity index (χ3n) is 3.98. The van der Waals surface area contributed by atoms with Gasteiger partial charge in [0.2, 0.25) is 5.91 Å². The van der Waals surface area contributed by atoms with Crippen LogP contribution in [0.15, 0.2) is 36.4 Å². The van der Waals surface area contributed by atoms with E-state index in [1.54, 1.807) is 12.1 Å². The van der Waals surface area contributed by atoms with Crippen LogP contribution in [0.2, 0.25) is 0 Å². The molecule has 0 bridgehead atoms. The monoisotopic (exact) mass is 284 g/mol. The number of benzene rings is 1. The van der Waals surface area contributed by atoms with Crippen molar-refractivity contribution in [3.05, 3.63) is 42.0 Å². The van der Waals surface area contributed by atoms with Crippen molar-refractivity contribution in [2.75, 3.05) is 5.32 Å². The Balaban J connectivity index is 1.70. The lowest BCUT2D eigenvalue weighted by atomic mass is 9.93. The molecule has 2 N–H and O–H groups in total. The van der Waals surface area contributed by atoms with E-state index in [4.69, 9.17) is 0 Å². The first-order valence-corrected chi connectivity index (χ1v) is 7.60. The number of allylic oxidation sites excluding steroid dienone is 2. The second-order valence-corrected chi connectivity index (χ2v) is 5.76. The number of hydrogen-bond acceptors (Lipinski definition) is 2. The normalized spacial score (nSPS) is 20.9. The van der Waals surface area contributed by atoms with Gasteiger partial charge in [0.15, 0.2) is 0 Å². The minimum Gasteiger partial charge on any atom is -0.349 e. The van der Waals surface area contributed by atoms with Gasteiger partial charge in [0.05, 0.1) is 11.3 Å². The van der Waals surface area contributed by atoms with Crippen LogP contribution in [0.1, 0.15) is 42.5 Å². The van der Waals surface area contributed by atoms with Gasteiger partial charge in [0.25, 0.3) is 5.91 Å². The van der Waals surface area contributed by atoms with E-state index < -0.39 is 0 Å². The van der Waals surface area contributed by atoms with Crippen LogP contribution in [0.25, 0.3) is 0 Å². The summed E-state index contributed by atoms with van der Waals surface area (Å²) in [4.78, 5) is 24.5. The van der Waals surface area contributed by atoms with E-state index in [-0.39, 0.29) is 17.7 Å². The van der Waals surface area contributed by atoms with Gasteiger partial charge >= 0.3 is 0 Å². The maximum Gasteiger partial charge on any atom is 0.253 e. The molecule has 0 heterocycles. The fourth-order valence-corrected chi connectivity index (χ4v) is 2.55. The van der Waals surface area contributed by atoms with Gasteiger partial charge in [0, 0.05) is 12.0 Å². The summed E-state index contributed by atoms with van der Waals surface area (Å²) < 4.78 is 0. The zero-order valence-corrected chi connectivity index (χ0v) is 12.0. The van der Waals surface area contributed by atoms with Crippen LogP contribution in [0.3, 0.4) is 0 Å². The Hall–Kier alpha value is -2.10. The summed E-state index contributed by atoms with van der Waals surface area (Å²) in [6.45, 7) is 0. The number of anilines is 1. The average Bonchev–Trinajstić information content (AvgIpc) is 3.32. The van der Waals surface area contributed by atoms with Crippen LogP contribution in [0.5, 0.6) is 0 Å². The summed E-state index contributed by atoms with van der Waals surface area (Å²) >= 11 is 0. The minimum absolute atomic E-state index is 0.00558. The highest BCUT2D eigenvalue weighted by Gasteiger charge is 2.25. The van der Waals surface area contributed by atoms with Crippen molar-refractivity contribution >= 4 is 17.5 Å². The molecule has 1 atom stereocenters. The molecule has 0 spiro atoms. The molecule has 1 fully saturated rings. The van der Waals surface area contributed by atoms with E-state index in [9.17, 15) is 9.59 Å². The highest BCUT2D eigenvalue weighted by atomic mass is 16.2. The van der Waals surface area contributed by atoms with E-state index in [0.29, 0.717) is 17.3 Å². The molecule has 4 nitrogen and oxygen atoms in total. The first kappa shape index (κ1) is 13.9. The van der Waals surface area contributed by atoms with Crippen LogP contribution in [-0.2, 0) is 4.79 Å². The van der Waals surface area contributed by atoms with Crippen molar-refractivity contribution in [1.29, 1.82) is 0 Å². The number of rotatable bonds is 4. The number of nitrogens with one attached hydrogen (secondary N) is 2. The Morgan fingerprint density at radius 3 is 2.57 bits per heavy atom. The summed E-state index contributed by atoms with van der Waals surface area (Å²) in [6.07, 6.45) is 8.87. The van der Waals surface area contributed by atoms with Crippen LogP contribution in [0.4, 0.5) is 5.69 Å². The molecule has 2 amide bonds. The molecule has 1 aromatic carbocycles. The van der Waals surface area contributed by atoms with Crippen LogP contribution in [-0.4, -0.2) is 17.9 Å². The third kappa shape index (κ3) is 3.51. The number of hydrogen-bond donors (Lipinski definition) is 2. The molecule has 1 aromatic rings. The smallest absolute Gasteiger partial charge is 0.253 e. The van der Waals surface area contributed by atoms with Gasteiger partial charge in [-0.1, -0.05) is 24.3 Å². The highest BCUT2D eigenvalue weighted by molar-refractivity contribution is 6.04. The zero-order valence-electron chi connectivity index (χ0n) is 12.0. The molecule has 2 aliphatic carbocycles. The first-order valence-electron chi connectivity index (χ1n) is 7.60. The van der Waals surface area contributed by atoms with E-state index in [2.05, 4.69) is 22.8 Å². The van der Waals surface area contributed by atoms with Gasteiger partial charge in [-0.05, 0) is 44.2 Å². The van der Waals surface area contributed by atoms with E-state index >= 15 is 0 Å². The number of amides is 2. The Morgan fingerprint density at radius 1 is 1.05 bits per heavy atom. The average molecular weight is 284 g/mol. The maximum absolute atomic E-state index is 12.3. The molecule has 2 aliphatic rings. The third-order valence-corrected chi connectivity index (χ3v) is 3.98. The second-order valence-electron chi connectivity index (χ2n) is 5.76. The summed E-state index contributed by atoms with van der Waals surface area (Å²) in [5.74, 6) is -0.0856. The van der Waals surface area contributed by atoms with E-state index in [1.165, 1.54) is 0 Å². The predicted octanol–water partition coefficient (Wildman–Crippen LogP) is 2.87. The van der Waals surface area contributed by atoms with Crippen molar-refractivity contribution in [1.82, 2.24) is 5.32 Å². The van der Waals surface area contributed by atoms with Crippen LogP contribution < -0.4 is 10.6 Å². The standard InChI is InChI=1S/C17H20N2O2/c20-16(12-6-2-1-3-7-12)19-15-9-5-4-8-14(15)17(21)18-13-10-11-13/h1-2,4-5,8-9,12-13H,3,6-7,10-11H2,(H,18,21)(H,19,20)/t12-/m0/s1. The molecule has 0 aliphatic heterocycles. The Labute approximate surface area is 124 Å². The number of carbonyl (C=O) groups excluding carboxylic acids is 2. The van der Waals surface area contributed by atoms with Crippen molar-refractivity contribution < 1.29 is 9.59 Å². The molecule has 0 saturated heterocycles. The molecular formula is C17H20N2O2. The Morgan fingerprint density at radius 2 is 1.86 bits per heavy atom. The van der Waals surface area contributed by atoms with Gasteiger partial charge in [-0.3, -0.25) is 9.59 Å². The molecule has 110 valence electrons. The van der Waals surface area contributed by atoms with Gasteiger partial charge in [-0.15, -0.1) is 0 Å². The summed E-state index contributed by atoms with van der Waals surface area (Å²) in [5.41, 5.74) is 1.15. The SMILES string of the molecule is O=C(NC1CC1)c1ccccc1NC(=O)[C@H]1CC=CCC1. The summed E-state index contributed by atoms with van der Waals surface area (Å²) in [6, 6.07) is 7.52. The molecule has 0 radical (unpaired) electrons. The van der Waals surface area contributed by atoms with Crippen molar-refractivity contribution in [2.24, 2.45) is 5.92 Å². The van der Waals surface area contributed by atoms with Gasteiger partial charge in [-0.2, -0.15) is 0 Å². The van der Waals surface area contributed by atoms with Gasteiger partial charge < -0.3 is 10.6 Å². The quantitative estimate of drug-likeness (QED) is 0.835. The van der Waals surface area contributed by atoms with Crippen molar-refractivity contribution in [2.45, 2.75) is 38.1 Å². The Bertz CT molecular complexity index is 576. The van der Waals surface area contributed by atoms with Gasteiger partial charge in [0.1, 0.15) is 0 Å². The Kier molecular flexibility index (Phi) is 4.04. The van der Waals surface area contributed by atoms with Crippen molar-refractivity contribution in [3.63, 3.8) is 0 Å². The fraction of sp³-hybridized carbons (Fsp3) is 0.412. The molecule has 4 heteroatoms. The van der Waals surface area contributed by atoms with Crippen LogP contribution >= 0.6 is 0 Å². The number of carbonyl (C=O) groups is 2. The lowest BCUT2D eigenvalue weighted by Crippen LogP contribution is -2.28. The molecule has 3 rings (SSSR count). The lowest BCUT2D eigenvalue weighted by molar-refractivity contribution is -0.120. The maximum atomic E-state index is 12.3. The number of para-hydroxylation sites is 1. The van der Waals surface area contributed by atoms with E-state index in [1.807, 2.05) is 12.1 Å². The van der Waals surface area contributed by atoms with Crippen LogP contribution in [0, 0.1) is 5.92 Å². The van der Waals surface area contributed by atoms with Gasteiger partial charge in [-0.25, -0.2) is 0 Å². The molecule has 0 aromatic heterocycles. The molecule has 21 heavy (non-hydrogen) atoms. The molecular weight excluding hydrogens is 264 g/mol. The molecule has 1 saturated carbocycles. The topological polar surface area (TPSA) is 58.2 Å². The summed E-state index contributed by atoms with van der Waals surface area (Å²) in [7, 11) is 0. The summed E-state index contributed by atoms with van der Waals surface area (Å²) in [5, 5.41) is 5.88. The zero-order chi connectivity index (χ0) is 14.7. The lowest BCUT2D eigenvalue weighted by Gasteiger charge is -2.18. The predicted molar refractivity (Wildman–Crippen MR) is 82.0 cm³/mol. The first-order chi connectivity index (χ1) is 10.2. The largest absolute Gasteiger partial charge is 0.349 e. The van der Waals surface area contributed by atoms with Crippen molar-refractivity contribution in [3.8, 4) is 0 Å². The minimum atomic E-state index is -0.100. The highest BCUT2D eigenvalue weighted by Crippen LogP contribution is 2.24.